The highest BCUT2D eigenvalue weighted by atomic mass is 16.7. The van der Waals surface area contributed by atoms with Gasteiger partial charge in [-0.15, -0.1) is 0 Å². The molecule has 1 heterocycles. The van der Waals surface area contributed by atoms with Crippen LogP contribution >= 0.6 is 0 Å². The Hall–Kier alpha value is -1.85. The Morgan fingerprint density at radius 3 is 1.79 bits per heavy atom. The van der Waals surface area contributed by atoms with E-state index in [0.29, 0.717) is 13.0 Å². The lowest BCUT2D eigenvalue weighted by molar-refractivity contribution is -0.305. The third kappa shape index (κ3) is 22.7. The zero-order valence-corrected chi connectivity index (χ0v) is 30.0. The SMILES string of the molecule is CC/C=C\C/C=C\C/C=C\C/C=C\CCCCCCCCCCCCCOCC(COC1OC(CO)C(O)C(O)C1O)OC(=O)CCC. The number of hydrogen-bond donors (Lipinski definition) is 4. The molecule has 1 saturated heterocycles. The molecule has 1 aliphatic rings. The Kier molecular flexibility index (Phi) is 28.7. The summed E-state index contributed by atoms with van der Waals surface area (Å²) in [6.07, 6.45) is 30.2. The van der Waals surface area contributed by atoms with E-state index in [1.807, 2.05) is 6.92 Å². The Morgan fingerprint density at radius 2 is 1.23 bits per heavy atom. The first-order valence-corrected chi connectivity index (χ1v) is 18.7. The zero-order valence-electron chi connectivity index (χ0n) is 30.0. The average molecular weight is 681 g/mol. The molecule has 0 aliphatic carbocycles. The molecule has 1 rings (SSSR count). The van der Waals surface area contributed by atoms with Crippen LogP contribution in [0.25, 0.3) is 0 Å². The Balaban J connectivity index is 2.03. The van der Waals surface area contributed by atoms with Crippen LogP contribution in [0.15, 0.2) is 48.6 Å². The summed E-state index contributed by atoms with van der Waals surface area (Å²) in [5.74, 6) is -0.370. The molecule has 48 heavy (non-hydrogen) atoms. The highest BCUT2D eigenvalue weighted by Crippen LogP contribution is 2.22. The van der Waals surface area contributed by atoms with Gasteiger partial charge in [-0.25, -0.2) is 0 Å². The topological polar surface area (TPSA) is 135 Å². The van der Waals surface area contributed by atoms with Crippen molar-refractivity contribution >= 4 is 5.97 Å². The molecule has 9 nitrogen and oxygen atoms in total. The lowest BCUT2D eigenvalue weighted by Crippen LogP contribution is -2.59. The normalized spacial score (nSPS) is 22.5. The third-order valence-corrected chi connectivity index (χ3v) is 8.23. The summed E-state index contributed by atoms with van der Waals surface area (Å²) in [7, 11) is 0. The van der Waals surface area contributed by atoms with E-state index in [0.717, 1.165) is 38.5 Å². The molecule has 0 amide bonds. The summed E-state index contributed by atoms with van der Waals surface area (Å²) in [5, 5.41) is 39.5. The van der Waals surface area contributed by atoms with Gasteiger partial charge in [0.05, 0.1) is 19.8 Å². The number of aliphatic hydroxyl groups is 4. The third-order valence-electron chi connectivity index (χ3n) is 8.23. The van der Waals surface area contributed by atoms with Gasteiger partial charge in [-0.1, -0.05) is 120 Å². The Morgan fingerprint density at radius 1 is 0.688 bits per heavy atom. The summed E-state index contributed by atoms with van der Waals surface area (Å²) in [6, 6.07) is 0. The highest BCUT2D eigenvalue weighted by molar-refractivity contribution is 5.69. The van der Waals surface area contributed by atoms with Gasteiger partial charge in [0.2, 0.25) is 0 Å². The second-order valence-corrected chi connectivity index (χ2v) is 12.6. The van der Waals surface area contributed by atoms with Gasteiger partial charge < -0.3 is 39.4 Å². The predicted octanol–water partition coefficient (Wildman–Crippen LogP) is 7.02. The lowest BCUT2D eigenvalue weighted by Gasteiger charge is -2.39. The predicted molar refractivity (Wildman–Crippen MR) is 191 cm³/mol. The molecule has 6 atom stereocenters. The van der Waals surface area contributed by atoms with Gasteiger partial charge in [-0.2, -0.15) is 0 Å². The number of esters is 1. The number of allylic oxidation sites excluding steroid dienone is 8. The molecule has 0 radical (unpaired) electrons. The Labute approximate surface area is 291 Å². The molecule has 278 valence electrons. The summed E-state index contributed by atoms with van der Waals surface area (Å²) >= 11 is 0. The molecule has 9 heteroatoms. The van der Waals surface area contributed by atoms with Gasteiger partial charge in [0.15, 0.2) is 6.29 Å². The van der Waals surface area contributed by atoms with Crippen LogP contribution in [-0.4, -0.2) is 89.6 Å². The van der Waals surface area contributed by atoms with Crippen molar-refractivity contribution in [3.63, 3.8) is 0 Å². The molecule has 1 aliphatic heterocycles. The van der Waals surface area contributed by atoms with Crippen LogP contribution in [0.2, 0.25) is 0 Å². The van der Waals surface area contributed by atoms with Crippen LogP contribution in [0.1, 0.15) is 129 Å². The smallest absolute Gasteiger partial charge is 0.306 e. The maximum atomic E-state index is 12.1. The van der Waals surface area contributed by atoms with Crippen LogP contribution in [0, 0.1) is 0 Å². The summed E-state index contributed by atoms with van der Waals surface area (Å²) in [6.45, 7) is 4.05. The van der Waals surface area contributed by atoms with Gasteiger partial charge >= 0.3 is 5.97 Å². The van der Waals surface area contributed by atoms with E-state index in [-0.39, 0.29) is 25.6 Å². The fourth-order valence-corrected chi connectivity index (χ4v) is 5.34. The standard InChI is InChI=1S/C39H68O9/c1-3-5-6-7-8-9-10-11-12-13-14-15-16-17-18-19-20-21-22-23-24-25-26-27-29-45-31-33(47-35(41)28-4-2)32-46-39-38(44)37(43)36(42)34(30-40)48-39/h5-6,8-9,11-12,14-15,33-34,36-40,42-44H,3-4,7,10,13,16-32H2,1-2H3/b6-5-,9-8-,12-11-,15-14-. The first kappa shape index (κ1) is 44.2. The van der Waals surface area contributed by atoms with Crippen LogP contribution in [0.4, 0.5) is 0 Å². The van der Waals surface area contributed by atoms with E-state index in [1.165, 1.54) is 64.2 Å². The first-order valence-electron chi connectivity index (χ1n) is 18.7. The minimum absolute atomic E-state index is 0.122. The summed E-state index contributed by atoms with van der Waals surface area (Å²) in [4.78, 5) is 12.1. The van der Waals surface area contributed by atoms with E-state index < -0.39 is 43.4 Å². The quantitative estimate of drug-likeness (QED) is 0.0359. The van der Waals surface area contributed by atoms with E-state index in [4.69, 9.17) is 18.9 Å². The van der Waals surface area contributed by atoms with Crippen molar-refractivity contribution in [3.05, 3.63) is 48.6 Å². The van der Waals surface area contributed by atoms with Crippen molar-refractivity contribution in [1.82, 2.24) is 0 Å². The summed E-state index contributed by atoms with van der Waals surface area (Å²) in [5.41, 5.74) is 0. The maximum absolute atomic E-state index is 12.1. The van der Waals surface area contributed by atoms with Crippen molar-refractivity contribution in [3.8, 4) is 0 Å². The van der Waals surface area contributed by atoms with E-state index in [2.05, 4.69) is 55.5 Å². The van der Waals surface area contributed by atoms with Crippen molar-refractivity contribution in [2.24, 2.45) is 0 Å². The number of carbonyl (C=O) groups excluding carboxylic acids is 1. The zero-order chi connectivity index (χ0) is 35.1. The molecule has 0 aromatic rings. The van der Waals surface area contributed by atoms with E-state index in [1.54, 1.807) is 0 Å². The molecule has 0 spiro atoms. The van der Waals surface area contributed by atoms with Crippen LogP contribution < -0.4 is 0 Å². The monoisotopic (exact) mass is 680 g/mol. The average Bonchev–Trinajstić information content (AvgIpc) is 3.08. The lowest BCUT2D eigenvalue weighted by atomic mass is 9.99. The van der Waals surface area contributed by atoms with Crippen molar-refractivity contribution < 1.29 is 44.2 Å². The number of carbonyl (C=O) groups is 1. The molecular formula is C39H68O9. The Bertz CT molecular complexity index is 870. The largest absolute Gasteiger partial charge is 0.457 e. The highest BCUT2D eigenvalue weighted by Gasteiger charge is 2.44. The maximum Gasteiger partial charge on any atom is 0.306 e. The van der Waals surface area contributed by atoms with Gasteiger partial charge in [0.1, 0.15) is 30.5 Å². The first-order chi connectivity index (χ1) is 23.4. The number of aliphatic hydroxyl groups excluding tert-OH is 4. The minimum Gasteiger partial charge on any atom is -0.457 e. The second-order valence-electron chi connectivity index (χ2n) is 12.6. The molecule has 0 saturated carbocycles. The molecule has 0 bridgehead atoms. The summed E-state index contributed by atoms with van der Waals surface area (Å²) < 4.78 is 22.2. The fourth-order valence-electron chi connectivity index (χ4n) is 5.34. The van der Waals surface area contributed by atoms with Crippen molar-refractivity contribution in [1.29, 1.82) is 0 Å². The molecule has 4 N–H and O–H groups in total. The fraction of sp³-hybridized carbons (Fsp3) is 0.769. The van der Waals surface area contributed by atoms with Crippen LogP contribution in [0.5, 0.6) is 0 Å². The molecule has 1 fully saturated rings. The molecule has 6 unspecified atom stereocenters. The minimum atomic E-state index is -1.53. The van der Waals surface area contributed by atoms with E-state index in [9.17, 15) is 25.2 Å². The van der Waals surface area contributed by atoms with Crippen LogP contribution in [0.3, 0.4) is 0 Å². The van der Waals surface area contributed by atoms with Crippen molar-refractivity contribution in [2.75, 3.05) is 26.4 Å². The van der Waals surface area contributed by atoms with Gasteiger partial charge in [0.25, 0.3) is 0 Å². The van der Waals surface area contributed by atoms with Gasteiger partial charge in [0, 0.05) is 13.0 Å². The second kappa shape index (κ2) is 31.2. The van der Waals surface area contributed by atoms with Crippen LogP contribution in [-0.2, 0) is 23.7 Å². The number of ether oxygens (including phenoxy) is 4. The number of unbranched alkanes of at least 4 members (excludes halogenated alkanes) is 11. The molecular weight excluding hydrogens is 612 g/mol. The molecule has 0 aromatic carbocycles. The van der Waals surface area contributed by atoms with Crippen molar-refractivity contribution in [2.45, 2.75) is 166 Å². The van der Waals surface area contributed by atoms with Gasteiger partial charge in [-0.3, -0.25) is 4.79 Å². The molecule has 0 aromatic heterocycles. The van der Waals surface area contributed by atoms with E-state index >= 15 is 0 Å². The van der Waals surface area contributed by atoms with Gasteiger partial charge in [-0.05, 0) is 51.4 Å². The number of hydrogen-bond acceptors (Lipinski definition) is 9. The number of rotatable bonds is 30.